The molecule has 0 radical (unpaired) electrons. The van der Waals surface area contributed by atoms with E-state index < -0.39 is 17.7 Å². The van der Waals surface area contributed by atoms with Crippen molar-refractivity contribution >= 4 is 69.2 Å². The number of fused-ring (bicyclic) bond motifs is 2. The summed E-state index contributed by atoms with van der Waals surface area (Å²) < 4.78 is 13.7. The van der Waals surface area contributed by atoms with Gasteiger partial charge in [0.15, 0.2) is 0 Å². The third kappa shape index (κ3) is 3.05. The van der Waals surface area contributed by atoms with Gasteiger partial charge in [0.2, 0.25) is 0 Å². The summed E-state index contributed by atoms with van der Waals surface area (Å²) in [5.74, 6) is -3.36. The molecule has 1 aliphatic rings. The fourth-order valence-corrected chi connectivity index (χ4v) is 5.20. The molecule has 0 saturated carbocycles. The number of esters is 2. The van der Waals surface area contributed by atoms with Gasteiger partial charge < -0.3 is 14.0 Å². The van der Waals surface area contributed by atoms with E-state index in [-0.39, 0.29) is 37.6 Å². The summed E-state index contributed by atoms with van der Waals surface area (Å²) in [5, 5.41) is 0.439. The Hall–Kier alpha value is -1.92. The van der Waals surface area contributed by atoms with E-state index in [2.05, 4.69) is 0 Å². The summed E-state index contributed by atoms with van der Waals surface area (Å²) >= 11 is 25.5. The van der Waals surface area contributed by atoms with Crippen LogP contribution in [0.3, 0.4) is 0 Å². The highest BCUT2D eigenvalue weighted by Crippen LogP contribution is 2.55. The Morgan fingerprint density at radius 3 is 2.32 bits per heavy atom. The molecule has 31 heavy (non-hydrogen) atoms. The normalized spacial score (nSPS) is 17.7. The van der Waals surface area contributed by atoms with Gasteiger partial charge in [0.1, 0.15) is 0 Å². The van der Waals surface area contributed by atoms with Crippen LogP contribution in [-0.4, -0.2) is 16.5 Å². The Balaban J connectivity index is 2.20. The zero-order chi connectivity index (χ0) is 22.7. The zero-order valence-corrected chi connectivity index (χ0v) is 19.8. The molecule has 0 N–H and O–H groups in total. The number of ether oxygens (including phenoxy) is 2. The third-order valence-corrected chi connectivity index (χ3v) is 7.26. The Bertz CT molecular complexity index is 1270. The van der Waals surface area contributed by atoms with Gasteiger partial charge in [0.25, 0.3) is 0 Å². The summed E-state index contributed by atoms with van der Waals surface area (Å²) in [4.78, 5) is 25.6. The highest BCUT2D eigenvalue weighted by atomic mass is 35.5. The monoisotopic (exact) mass is 499 g/mol. The van der Waals surface area contributed by atoms with E-state index in [1.807, 2.05) is 42.7 Å². The predicted octanol–water partition coefficient (Wildman–Crippen LogP) is 6.91. The van der Waals surface area contributed by atoms with E-state index in [0.717, 1.165) is 16.6 Å². The highest BCUT2D eigenvalue weighted by molar-refractivity contribution is 6.53. The summed E-state index contributed by atoms with van der Waals surface area (Å²) in [6.07, 6.45) is 0.0484. The molecule has 0 aliphatic carbocycles. The number of hydrogen-bond donors (Lipinski definition) is 0. The Morgan fingerprint density at radius 1 is 1.03 bits per heavy atom. The number of halogens is 4. The fourth-order valence-electron chi connectivity index (χ4n) is 4.15. The van der Waals surface area contributed by atoms with Gasteiger partial charge in [-0.3, -0.25) is 4.79 Å². The van der Waals surface area contributed by atoms with Crippen molar-refractivity contribution in [2.45, 2.75) is 39.5 Å². The van der Waals surface area contributed by atoms with Crippen LogP contribution in [0.5, 0.6) is 0 Å². The molecule has 1 unspecified atom stereocenters. The van der Waals surface area contributed by atoms with Crippen molar-refractivity contribution in [1.29, 1.82) is 0 Å². The molecule has 0 saturated heterocycles. The van der Waals surface area contributed by atoms with Crippen molar-refractivity contribution < 1.29 is 19.1 Å². The second-order valence-electron chi connectivity index (χ2n) is 7.06. The lowest BCUT2D eigenvalue weighted by Gasteiger charge is -2.30. The van der Waals surface area contributed by atoms with Crippen LogP contribution in [0.25, 0.3) is 10.9 Å². The van der Waals surface area contributed by atoms with Gasteiger partial charge in [-0.15, -0.1) is 0 Å². The molecule has 4 rings (SSSR count). The number of rotatable bonds is 4. The van der Waals surface area contributed by atoms with Crippen LogP contribution >= 0.6 is 46.4 Å². The van der Waals surface area contributed by atoms with E-state index in [1.165, 1.54) is 0 Å². The smallest absolute Gasteiger partial charge is 0.344 e. The number of aryl methyl sites for hydroxylation is 1. The van der Waals surface area contributed by atoms with Crippen molar-refractivity contribution in [3.63, 3.8) is 0 Å². The van der Waals surface area contributed by atoms with Gasteiger partial charge in [-0.25, -0.2) is 4.79 Å². The number of carbonyl (C=O) groups excluding carboxylic acids is 2. The number of aromatic nitrogens is 1. The lowest BCUT2D eigenvalue weighted by atomic mass is 9.93. The van der Waals surface area contributed by atoms with Crippen molar-refractivity contribution in [2.75, 3.05) is 0 Å². The topological polar surface area (TPSA) is 57.5 Å². The summed E-state index contributed by atoms with van der Waals surface area (Å²) in [7, 11) is 0. The molecule has 5 nitrogen and oxygen atoms in total. The van der Waals surface area contributed by atoms with Gasteiger partial charge in [0.05, 0.1) is 36.8 Å². The molecule has 0 fully saturated rings. The van der Waals surface area contributed by atoms with Crippen molar-refractivity contribution in [3.05, 3.63) is 66.7 Å². The number of hydrogen-bond acceptors (Lipinski definition) is 4. The average Bonchev–Trinajstić information content (AvgIpc) is 3.21. The Kier molecular flexibility index (Phi) is 5.67. The van der Waals surface area contributed by atoms with Crippen LogP contribution in [0.4, 0.5) is 0 Å². The van der Waals surface area contributed by atoms with E-state index in [4.69, 9.17) is 55.9 Å². The van der Waals surface area contributed by atoms with E-state index in [9.17, 15) is 9.59 Å². The number of nitrogens with zero attached hydrogens (tertiary/aromatic N) is 1. The molecular formula is C22H17Cl4NO4. The summed E-state index contributed by atoms with van der Waals surface area (Å²) in [5.41, 5.74) is 2.11. The molecule has 3 aromatic rings. The lowest BCUT2D eigenvalue weighted by molar-refractivity contribution is -0.193. The molecule has 1 atom stereocenters. The standard InChI is InChI=1S/C22H17Cl4NO4/c1-4-13(28)30-22(15-10(3)27(5-2)12-9-7-6-8-11(12)15)16-14(21(29)31-22)17(23)19(25)20(26)18(16)24/h6-9H,4-5H2,1-3H3. The average molecular weight is 501 g/mol. The highest BCUT2D eigenvalue weighted by Gasteiger charge is 2.56. The molecule has 162 valence electrons. The fraction of sp³-hybridized carbons (Fsp3) is 0.273. The van der Waals surface area contributed by atoms with Crippen LogP contribution < -0.4 is 0 Å². The lowest BCUT2D eigenvalue weighted by Crippen LogP contribution is -2.35. The van der Waals surface area contributed by atoms with Gasteiger partial charge in [-0.05, 0) is 19.9 Å². The predicted molar refractivity (Wildman–Crippen MR) is 121 cm³/mol. The van der Waals surface area contributed by atoms with Crippen LogP contribution in [-0.2, 0) is 26.6 Å². The van der Waals surface area contributed by atoms with Crippen LogP contribution in [0.15, 0.2) is 24.3 Å². The first-order valence-corrected chi connectivity index (χ1v) is 11.1. The first-order valence-electron chi connectivity index (χ1n) is 9.59. The van der Waals surface area contributed by atoms with Crippen molar-refractivity contribution in [3.8, 4) is 0 Å². The number of carbonyl (C=O) groups is 2. The molecule has 0 bridgehead atoms. The first kappa shape index (κ1) is 22.3. The maximum Gasteiger partial charge on any atom is 0.344 e. The van der Waals surface area contributed by atoms with E-state index in [0.29, 0.717) is 12.1 Å². The molecule has 0 spiro atoms. The third-order valence-electron chi connectivity index (χ3n) is 5.46. The summed E-state index contributed by atoms with van der Waals surface area (Å²) in [6, 6.07) is 7.55. The van der Waals surface area contributed by atoms with E-state index >= 15 is 0 Å². The second kappa shape index (κ2) is 7.89. The van der Waals surface area contributed by atoms with Crippen LogP contribution in [0, 0.1) is 6.92 Å². The maximum absolute atomic E-state index is 13.0. The molecule has 1 aromatic heterocycles. The summed E-state index contributed by atoms with van der Waals surface area (Å²) in [6.45, 7) is 6.13. The Morgan fingerprint density at radius 2 is 1.68 bits per heavy atom. The van der Waals surface area contributed by atoms with Crippen LogP contribution in [0.2, 0.25) is 20.1 Å². The van der Waals surface area contributed by atoms with E-state index in [1.54, 1.807) is 6.92 Å². The minimum Gasteiger partial charge on any atom is -0.413 e. The SMILES string of the molecule is CCC(=O)OC1(c2c(C)n(CC)c3ccccc23)OC(=O)c2c(Cl)c(Cl)c(Cl)c(Cl)c21. The number of para-hydroxylation sites is 1. The molecule has 0 amide bonds. The van der Waals surface area contributed by atoms with Gasteiger partial charge in [-0.1, -0.05) is 71.5 Å². The molecule has 1 aliphatic heterocycles. The van der Waals surface area contributed by atoms with Gasteiger partial charge >= 0.3 is 17.7 Å². The Labute approximate surface area is 198 Å². The quantitative estimate of drug-likeness (QED) is 0.222. The zero-order valence-electron chi connectivity index (χ0n) is 16.8. The minimum absolute atomic E-state index is 0.0484. The van der Waals surface area contributed by atoms with Crippen molar-refractivity contribution in [2.24, 2.45) is 0 Å². The van der Waals surface area contributed by atoms with Gasteiger partial charge in [-0.2, -0.15) is 0 Å². The molecule has 2 aromatic carbocycles. The molecular weight excluding hydrogens is 484 g/mol. The molecule has 9 heteroatoms. The number of cyclic esters (lactones) is 1. The molecule has 2 heterocycles. The number of benzene rings is 2. The van der Waals surface area contributed by atoms with Crippen LogP contribution in [0.1, 0.15) is 47.4 Å². The van der Waals surface area contributed by atoms with Gasteiger partial charge in [0, 0.05) is 29.6 Å². The maximum atomic E-state index is 13.0. The first-order chi connectivity index (χ1) is 14.7. The van der Waals surface area contributed by atoms with Crippen molar-refractivity contribution in [1.82, 2.24) is 4.57 Å². The second-order valence-corrected chi connectivity index (χ2v) is 8.57. The largest absolute Gasteiger partial charge is 0.413 e. The minimum atomic E-state index is -1.96.